The Balaban J connectivity index is 1.66. The van der Waals surface area contributed by atoms with Gasteiger partial charge in [-0.3, -0.25) is 9.59 Å². The topological polar surface area (TPSA) is 91.7 Å². The number of anilines is 1. The van der Waals surface area contributed by atoms with Crippen LogP contribution in [0.4, 0.5) is 5.69 Å². The van der Waals surface area contributed by atoms with E-state index in [2.05, 4.69) is 5.32 Å². The van der Waals surface area contributed by atoms with Gasteiger partial charge in [0.2, 0.25) is 5.91 Å². The van der Waals surface area contributed by atoms with Crippen LogP contribution in [-0.2, 0) is 4.79 Å². The summed E-state index contributed by atoms with van der Waals surface area (Å²) in [5, 5.41) is 11.7. The zero-order valence-electron chi connectivity index (χ0n) is 14.9. The maximum atomic E-state index is 12.6. The van der Waals surface area contributed by atoms with Crippen LogP contribution in [0.15, 0.2) is 42.5 Å². The van der Waals surface area contributed by atoms with Gasteiger partial charge in [-0.05, 0) is 37.3 Å². The van der Waals surface area contributed by atoms with Gasteiger partial charge in [0.05, 0.1) is 11.6 Å². The van der Waals surface area contributed by atoms with E-state index in [1.54, 1.807) is 43.3 Å². The van der Waals surface area contributed by atoms with E-state index < -0.39 is 0 Å². The number of hydrogen-bond acceptors (Lipinski definition) is 5. The summed E-state index contributed by atoms with van der Waals surface area (Å²) in [4.78, 5) is 26.4. The van der Waals surface area contributed by atoms with Gasteiger partial charge in [0.1, 0.15) is 19.8 Å². The van der Waals surface area contributed by atoms with Crippen LogP contribution in [0.2, 0.25) is 0 Å². The van der Waals surface area contributed by atoms with Crippen LogP contribution >= 0.6 is 0 Å². The molecule has 0 unspecified atom stereocenters. The van der Waals surface area contributed by atoms with Crippen molar-refractivity contribution < 1.29 is 19.1 Å². The normalized spacial score (nSPS) is 12.0. The van der Waals surface area contributed by atoms with Crippen LogP contribution in [0.3, 0.4) is 0 Å². The number of nitrogens with one attached hydrogen (secondary N) is 1. The molecular weight excluding hydrogens is 346 g/mol. The molecule has 0 saturated heterocycles. The minimum absolute atomic E-state index is 0.0967. The maximum Gasteiger partial charge on any atom is 0.254 e. The number of carbonyl (C=O) groups is 2. The molecule has 3 rings (SSSR count). The van der Waals surface area contributed by atoms with E-state index in [0.29, 0.717) is 48.1 Å². The first-order chi connectivity index (χ1) is 13.1. The zero-order valence-corrected chi connectivity index (χ0v) is 14.9. The second-order valence-corrected chi connectivity index (χ2v) is 5.92. The number of likely N-dealkylation sites (N-methyl/N-ethyl adjacent to an activating group) is 1. The van der Waals surface area contributed by atoms with Crippen LogP contribution in [0.5, 0.6) is 11.5 Å². The molecule has 1 aliphatic rings. The van der Waals surface area contributed by atoms with Gasteiger partial charge in [0.15, 0.2) is 11.5 Å². The van der Waals surface area contributed by atoms with Crippen LogP contribution in [0.1, 0.15) is 22.8 Å². The maximum absolute atomic E-state index is 12.6. The summed E-state index contributed by atoms with van der Waals surface area (Å²) >= 11 is 0. The van der Waals surface area contributed by atoms with Gasteiger partial charge >= 0.3 is 0 Å². The highest BCUT2D eigenvalue weighted by atomic mass is 16.6. The zero-order chi connectivity index (χ0) is 19.2. The van der Waals surface area contributed by atoms with Crippen molar-refractivity contribution in [1.82, 2.24) is 4.90 Å². The minimum atomic E-state index is -0.321. The molecule has 0 saturated carbocycles. The Morgan fingerprint density at radius 3 is 2.67 bits per heavy atom. The summed E-state index contributed by atoms with van der Waals surface area (Å²) in [6.45, 7) is 3.03. The molecule has 0 aliphatic carbocycles. The molecule has 7 heteroatoms. The Morgan fingerprint density at radius 2 is 1.93 bits per heavy atom. The minimum Gasteiger partial charge on any atom is -0.486 e. The fraction of sp³-hybridized carbons (Fsp3) is 0.250. The van der Waals surface area contributed by atoms with Crippen LogP contribution in [0, 0.1) is 11.3 Å². The van der Waals surface area contributed by atoms with E-state index in [-0.39, 0.29) is 18.4 Å². The average molecular weight is 365 g/mol. The molecule has 138 valence electrons. The monoisotopic (exact) mass is 365 g/mol. The molecule has 0 spiro atoms. The van der Waals surface area contributed by atoms with Crippen molar-refractivity contribution in [2.75, 3.05) is 31.6 Å². The Bertz CT molecular complexity index is 904. The van der Waals surface area contributed by atoms with Crippen molar-refractivity contribution in [3.63, 3.8) is 0 Å². The Kier molecular flexibility index (Phi) is 5.57. The molecule has 2 aromatic rings. The van der Waals surface area contributed by atoms with Crippen molar-refractivity contribution >= 4 is 17.5 Å². The van der Waals surface area contributed by atoms with Crippen molar-refractivity contribution in [2.45, 2.75) is 6.92 Å². The lowest BCUT2D eigenvalue weighted by molar-refractivity contribution is -0.116. The Hall–Kier alpha value is -3.53. The number of carbonyl (C=O) groups excluding carboxylic acids is 2. The lowest BCUT2D eigenvalue weighted by atomic mass is 10.1. The average Bonchev–Trinajstić information content (AvgIpc) is 2.71. The predicted molar refractivity (Wildman–Crippen MR) is 98.8 cm³/mol. The van der Waals surface area contributed by atoms with E-state index in [1.165, 1.54) is 11.0 Å². The number of hydrogen-bond donors (Lipinski definition) is 1. The van der Waals surface area contributed by atoms with E-state index in [9.17, 15) is 9.59 Å². The first-order valence-electron chi connectivity index (χ1n) is 8.59. The SMILES string of the molecule is CCN(CC(=O)Nc1ccc2c(c1)OCCO2)C(=O)c1cccc(C#N)c1. The van der Waals surface area contributed by atoms with E-state index in [4.69, 9.17) is 14.7 Å². The summed E-state index contributed by atoms with van der Waals surface area (Å²) in [5.74, 6) is 0.600. The van der Waals surface area contributed by atoms with Gasteiger partial charge in [-0.1, -0.05) is 6.07 Å². The lowest BCUT2D eigenvalue weighted by Crippen LogP contribution is -2.37. The molecule has 0 bridgehead atoms. The van der Waals surface area contributed by atoms with Crippen LogP contribution in [0.25, 0.3) is 0 Å². The molecule has 0 radical (unpaired) electrons. The summed E-state index contributed by atoms with van der Waals surface area (Å²) in [7, 11) is 0. The summed E-state index contributed by atoms with van der Waals surface area (Å²) < 4.78 is 10.9. The van der Waals surface area contributed by atoms with Crippen LogP contribution in [-0.4, -0.2) is 43.0 Å². The summed E-state index contributed by atoms with van der Waals surface area (Å²) in [6.07, 6.45) is 0. The molecule has 7 nitrogen and oxygen atoms in total. The Labute approximate surface area is 157 Å². The fourth-order valence-corrected chi connectivity index (χ4v) is 2.73. The fourth-order valence-electron chi connectivity index (χ4n) is 2.73. The van der Waals surface area contributed by atoms with Crippen molar-refractivity contribution in [3.05, 3.63) is 53.6 Å². The van der Waals surface area contributed by atoms with Gasteiger partial charge in [0, 0.05) is 23.9 Å². The van der Waals surface area contributed by atoms with E-state index >= 15 is 0 Å². The second kappa shape index (κ2) is 8.23. The van der Waals surface area contributed by atoms with Gasteiger partial charge in [-0.15, -0.1) is 0 Å². The molecule has 0 aromatic heterocycles. The van der Waals surface area contributed by atoms with Gasteiger partial charge in [-0.2, -0.15) is 5.26 Å². The standard InChI is InChI=1S/C20H19N3O4/c1-2-23(20(25)15-5-3-4-14(10-15)12-21)13-19(24)22-16-6-7-17-18(11-16)27-9-8-26-17/h3-7,10-11H,2,8-9,13H2,1H3,(H,22,24). The lowest BCUT2D eigenvalue weighted by Gasteiger charge is -2.21. The second-order valence-electron chi connectivity index (χ2n) is 5.92. The molecule has 0 atom stereocenters. The highest BCUT2D eigenvalue weighted by Crippen LogP contribution is 2.32. The first-order valence-corrected chi connectivity index (χ1v) is 8.59. The van der Waals surface area contributed by atoms with E-state index in [1.807, 2.05) is 6.07 Å². The third-order valence-electron chi connectivity index (χ3n) is 4.07. The largest absolute Gasteiger partial charge is 0.486 e. The summed E-state index contributed by atoms with van der Waals surface area (Å²) in [5.41, 5.74) is 1.35. The molecule has 1 aliphatic heterocycles. The number of nitriles is 1. The molecule has 1 N–H and O–H groups in total. The van der Waals surface area contributed by atoms with Crippen molar-refractivity contribution in [1.29, 1.82) is 5.26 Å². The predicted octanol–water partition coefficient (Wildman–Crippen LogP) is 2.43. The highest BCUT2D eigenvalue weighted by molar-refractivity contribution is 5.99. The molecule has 27 heavy (non-hydrogen) atoms. The Morgan fingerprint density at radius 1 is 1.15 bits per heavy atom. The number of benzene rings is 2. The van der Waals surface area contributed by atoms with E-state index in [0.717, 1.165) is 0 Å². The van der Waals surface area contributed by atoms with Crippen molar-refractivity contribution in [2.24, 2.45) is 0 Å². The van der Waals surface area contributed by atoms with Gasteiger partial charge < -0.3 is 19.7 Å². The number of amides is 2. The molecular formula is C20H19N3O4. The smallest absolute Gasteiger partial charge is 0.254 e. The quantitative estimate of drug-likeness (QED) is 0.879. The number of fused-ring (bicyclic) bond motifs is 1. The van der Waals surface area contributed by atoms with Gasteiger partial charge in [-0.25, -0.2) is 0 Å². The molecule has 0 fully saturated rings. The highest BCUT2D eigenvalue weighted by Gasteiger charge is 2.19. The van der Waals surface area contributed by atoms with Crippen molar-refractivity contribution in [3.8, 4) is 17.6 Å². The number of ether oxygens (including phenoxy) is 2. The third-order valence-corrected chi connectivity index (χ3v) is 4.07. The first kappa shape index (κ1) is 18.3. The molecule has 2 aromatic carbocycles. The number of rotatable bonds is 5. The van der Waals surface area contributed by atoms with Gasteiger partial charge in [0.25, 0.3) is 5.91 Å². The molecule has 2 amide bonds. The third kappa shape index (κ3) is 4.36. The summed E-state index contributed by atoms with van der Waals surface area (Å²) in [6, 6.07) is 13.6. The van der Waals surface area contributed by atoms with Crippen LogP contribution < -0.4 is 14.8 Å². The molecule has 1 heterocycles. The number of nitrogens with zero attached hydrogens (tertiary/aromatic N) is 2.